The molecule has 0 saturated heterocycles. The molecule has 1 aliphatic rings. The van der Waals surface area contributed by atoms with Crippen LogP contribution in [0.3, 0.4) is 0 Å². The Kier molecular flexibility index (Phi) is 4.62. The number of ether oxygens (including phenoxy) is 2. The third-order valence-electron chi connectivity index (χ3n) is 3.84. The van der Waals surface area contributed by atoms with E-state index in [1.807, 2.05) is 32.0 Å². The fraction of sp³-hybridized carbons (Fsp3) is 0.316. The number of Topliss-reactive ketones (excluding diaryl/α,β-unsaturated/α-hetero) is 1. The summed E-state index contributed by atoms with van der Waals surface area (Å²) in [7, 11) is 0. The van der Waals surface area contributed by atoms with Gasteiger partial charge in [0.05, 0.1) is 5.75 Å². The maximum absolute atomic E-state index is 12.6. The van der Waals surface area contributed by atoms with Gasteiger partial charge in [-0.1, -0.05) is 17.7 Å². The number of rotatable bonds is 4. The highest BCUT2D eigenvalue weighted by atomic mass is 32.2. The minimum atomic E-state index is 0.167. The highest BCUT2D eigenvalue weighted by molar-refractivity contribution is 8.00. The first-order chi connectivity index (χ1) is 11.0. The molecule has 0 unspecified atom stereocenters. The summed E-state index contributed by atoms with van der Waals surface area (Å²) in [6, 6.07) is 9.95. The van der Waals surface area contributed by atoms with E-state index in [1.54, 1.807) is 0 Å². The Balaban J connectivity index is 1.72. The molecular weight excluding hydrogens is 308 g/mol. The van der Waals surface area contributed by atoms with E-state index in [-0.39, 0.29) is 5.78 Å². The summed E-state index contributed by atoms with van der Waals surface area (Å²) in [4.78, 5) is 13.6. The van der Waals surface area contributed by atoms with Gasteiger partial charge in [0.2, 0.25) is 0 Å². The van der Waals surface area contributed by atoms with Gasteiger partial charge >= 0.3 is 0 Å². The number of carbonyl (C=O) groups is 1. The lowest BCUT2D eigenvalue weighted by Crippen LogP contribution is -2.15. The Hall–Kier alpha value is -1.94. The predicted octanol–water partition coefficient (Wildman–Crippen LogP) is 4.36. The lowest BCUT2D eigenvalue weighted by molar-refractivity contribution is 0.102. The van der Waals surface area contributed by atoms with Crippen LogP contribution in [0, 0.1) is 20.8 Å². The molecular formula is C19H20O3S. The molecule has 120 valence electrons. The molecule has 2 aromatic carbocycles. The average Bonchev–Trinajstić information content (AvgIpc) is 2.51. The Labute approximate surface area is 141 Å². The first kappa shape index (κ1) is 15.9. The van der Waals surface area contributed by atoms with Gasteiger partial charge in [0.15, 0.2) is 17.3 Å². The number of hydrogen-bond donors (Lipinski definition) is 0. The lowest BCUT2D eigenvalue weighted by Gasteiger charge is -2.18. The van der Waals surface area contributed by atoms with Crippen molar-refractivity contribution in [2.75, 3.05) is 19.0 Å². The summed E-state index contributed by atoms with van der Waals surface area (Å²) >= 11 is 1.53. The minimum Gasteiger partial charge on any atom is -0.486 e. The second-order valence-electron chi connectivity index (χ2n) is 5.79. The molecule has 0 bridgehead atoms. The SMILES string of the molecule is Cc1cc(C)c(C(=O)CSc2ccc3c(c2)OCCO3)c(C)c1. The van der Waals surface area contributed by atoms with Gasteiger partial charge in [0.1, 0.15) is 13.2 Å². The van der Waals surface area contributed by atoms with Crippen LogP contribution >= 0.6 is 11.8 Å². The van der Waals surface area contributed by atoms with Gasteiger partial charge in [0.25, 0.3) is 0 Å². The quantitative estimate of drug-likeness (QED) is 0.617. The fourth-order valence-corrected chi connectivity index (χ4v) is 3.75. The van der Waals surface area contributed by atoms with Crippen molar-refractivity contribution in [2.24, 2.45) is 0 Å². The van der Waals surface area contributed by atoms with Crippen molar-refractivity contribution in [2.45, 2.75) is 25.7 Å². The summed E-state index contributed by atoms with van der Waals surface area (Å²) in [5.41, 5.74) is 4.14. The molecule has 23 heavy (non-hydrogen) atoms. The predicted molar refractivity (Wildman–Crippen MR) is 93.1 cm³/mol. The Morgan fingerprint density at radius 3 is 2.35 bits per heavy atom. The van der Waals surface area contributed by atoms with Gasteiger partial charge in [-0.05, 0) is 50.1 Å². The minimum absolute atomic E-state index is 0.167. The van der Waals surface area contributed by atoms with Gasteiger partial charge in [-0.2, -0.15) is 0 Å². The van der Waals surface area contributed by atoms with E-state index < -0.39 is 0 Å². The zero-order valence-corrected chi connectivity index (χ0v) is 14.5. The summed E-state index contributed by atoms with van der Waals surface area (Å²) in [6.45, 7) is 7.22. The average molecular weight is 328 g/mol. The van der Waals surface area contributed by atoms with Crippen molar-refractivity contribution < 1.29 is 14.3 Å². The maximum Gasteiger partial charge on any atom is 0.173 e. The molecule has 0 aliphatic carbocycles. The summed E-state index contributed by atoms with van der Waals surface area (Å²) in [5.74, 6) is 2.12. The van der Waals surface area contributed by atoms with Crippen LogP contribution in [-0.2, 0) is 0 Å². The van der Waals surface area contributed by atoms with Gasteiger partial charge in [0, 0.05) is 10.5 Å². The van der Waals surface area contributed by atoms with Gasteiger partial charge in [-0.25, -0.2) is 0 Å². The molecule has 4 heteroatoms. The molecule has 0 N–H and O–H groups in total. The zero-order valence-electron chi connectivity index (χ0n) is 13.6. The number of thioether (sulfide) groups is 1. The summed E-state index contributed by atoms with van der Waals surface area (Å²) in [6.07, 6.45) is 0. The number of ketones is 1. The normalized spacial score (nSPS) is 13.0. The molecule has 1 aliphatic heterocycles. The molecule has 1 heterocycles. The monoisotopic (exact) mass is 328 g/mol. The van der Waals surface area contributed by atoms with E-state index in [9.17, 15) is 4.79 Å². The van der Waals surface area contributed by atoms with Crippen LogP contribution in [0.4, 0.5) is 0 Å². The molecule has 3 rings (SSSR count). The van der Waals surface area contributed by atoms with Crippen molar-refractivity contribution >= 4 is 17.5 Å². The number of carbonyl (C=O) groups excluding carboxylic acids is 1. The van der Waals surface area contributed by atoms with Gasteiger partial charge in [-0.15, -0.1) is 11.8 Å². The van der Waals surface area contributed by atoms with Crippen molar-refractivity contribution in [3.63, 3.8) is 0 Å². The van der Waals surface area contributed by atoms with E-state index in [1.165, 1.54) is 17.3 Å². The smallest absolute Gasteiger partial charge is 0.173 e. The fourth-order valence-electron chi connectivity index (χ4n) is 2.95. The topological polar surface area (TPSA) is 35.5 Å². The van der Waals surface area contributed by atoms with E-state index in [4.69, 9.17) is 9.47 Å². The first-order valence-electron chi connectivity index (χ1n) is 7.68. The first-order valence-corrected chi connectivity index (χ1v) is 8.66. The highest BCUT2D eigenvalue weighted by Crippen LogP contribution is 2.34. The van der Waals surface area contributed by atoms with Crippen molar-refractivity contribution in [1.82, 2.24) is 0 Å². The second-order valence-corrected chi connectivity index (χ2v) is 6.84. The van der Waals surface area contributed by atoms with Crippen LogP contribution < -0.4 is 9.47 Å². The van der Waals surface area contributed by atoms with Crippen LogP contribution in [0.2, 0.25) is 0 Å². The van der Waals surface area contributed by atoms with E-state index >= 15 is 0 Å². The lowest BCUT2D eigenvalue weighted by atomic mass is 9.97. The molecule has 0 amide bonds. The zero-order chi connectivity index (χ0) is 16.4. The van der Waals surface area contributed by atoms with Gasteiger partial charge < -0.3 is 9.47 Å². The summed E-state index contributed by atoms with van der Waals surface area (Å²) < 4.78 is 11.1. The number of benzene rings is 2. The summed E-state index contributed by atoms with van der Waals surface area (Å²) in [5, 5.41) is 0. The highest BCUT2D eigenvalue weighted by Gasteiger charge is 2.15. The molecule has 0 atom stereocenters. The van der Waals surface area contributed by atoms with E-state index in [2.05, 4.69) is 19.1 Å². The molecule has 0 aromatic heterocycles. The Bertz CT molecular complexity index is 729. The van der Waals surface area contributed by atoms with Crippen LogP contribution in [0.15, 0.2) is 35.2 Å². The molecule has 0 spiro atoms. The number of fused-ring (bicyclic) bond motifs is 1. The number of aryl methyl sites for hydroxylation is 3. The van der Waals surface area contributed by atoms with E-state index in [0.717, 1.165) is 33.1 Å². The van der Waals surface area contributed by atoms with Crippen molar-refractivity contribution in [3.8, 4) is 11.5 Å². The van der Waals surface area contributed by atoms with Crippen LogP contribution in [0.25, 0.3) is 0 Å². The van der Waals surface area contributed by atoms with Crippen molar-refractivity contribution in [1.29, 1.82) is 0 Å². The number of hydrogen-bond acceptors (Lipinski definition) is 4. The molecule has 0 radical (unpaired) electrons. The maximum atomic E-state index is 12.6. The standard InChI is InChI=1S/C19H20O3S/c1-12-8-13(2)19(14(3)9-12)16(20)11-23-15-4-5-17-18(10-15)22-7-6-21-17/h4-5,8-10H,6-7,11H2,1-3H3. The van der Waals surface area contributed by atoms with E-state index in [0.29, 0.717) is 19.0 Å². The molecule has 0 fully saturated rings. The van der Waals surface area contributed by atoms with Crippen LogP contribution in [0.1, 0.15) is 27.0 Å². The van der Waals surface area contributed by atoms with Gasteiger partial charge in [-0.3, -0.25) is 4.79 Å². The third kappa shape index (κ3) is 3.53. The molecule has 0 saturated carbocycles. The Morgan fingerprint density at radius 2 is 1.65 bits per heavy atom. The third-order valence-corrected chi connectivity index (χ3v) is 4.83. The second kappa shape index (κ2) is 6.67. The molecule has 2 aromatic rings. The van der Waals surface area contributed by atoms with Crippen LogP contribution in [-0.4, -0.2) is 24.7 Å². The van der Waals surface area contributed by atoms with Crippen LogP contribution in [0.5, 0.6) is 11.5 Å². The largest absolute Gasteiger partial charge is 0.486 e. The Morgan fingerprint density at radius 1 is 1.00 bits per heavy atom. The molecule has 3 nitrogen and oxygen atoms in total. The van der Waals surface area contributed by atoms with Crippen molar-refractivity contribution in [3.05, 3.63) is 52.6 Å².